The van der Waals surface area contributed by atoms with Crippen LogP contribution in [-0.2, 0) is 32.7 Å². The van der Waals surface area contributed by atoms with Gasteiger partial charge in [0.15, 0.2) is 6.10 Å². The fourth-order valence-corrected chi connectivity index (χ4v) is 4.87. The molecule has 0 saturated carbocycles. The zero-order chi connectivity index (χ0) is 36.5. The van der Waals surface area contributed by atoms with Crippen LogP contribution in [-0.4, -0.2) is 70.0 Å². The highest BCUT2D eigenvalue weighted by Crippen LogP contribution is 2.38. The Bertz CT molecular complexity index is 1070. The fraction of sp³-hybridized carbons (Fsp3) is 0.641. The molecule has 49 heavy (non-hydrogen) atoms. The highest BCUT2D eigenvalue weighted by Gasteiger charge is 2.21. The number of likely N-dealkylation sites (N-methyl/N-ethyl adjacent to an activating group) is 1. The number of esters is 2. The zero-order valence-electron chi connectivity index (χ0n) is 31.1. The van der Waals surface area contributed by atoms with Gasteiger partial charge in [-0.15, -0.1) is 0 Å². The summed E-state index contributed by atoms with van der Waals surface area (Å²) in [6.07, 6.45) is 36.9. The second-order valence-corrected chi connectivity index (χ2v) is 14.3. The Kier molecular flexibility index (Phi) is 29.8. The third kappa shape index (κ3) is 35.1. The quantitative estimate of drug-likeness (QED) is 0.0231. The fourth-order valence-electron chi connectivity index (χ4n) is 4.14. The number of ether oxygens (including phenoxy) is 2. The number of rotatable bonds is 31. The van der Waals surface area contributed by atoms with Crippen molar-refractivity contribution < 1.29 is 42.1 Å². The Morgan fingerprint density at radius 3 is 1.82 bits per heavy atom. The molecular formula is C39H66NO8P. The summed E-state index contributed by atoms with van der Waals surface area (Å²) in [6, 6.07) is 0. The van der Waals surface area contributed by atoms with Crippen LogP contribution in [0.4, 0.5) is 0 Å². The third-order valence-corrected chi connectivity index (χ3v) is 7.94. The van der Waals surface area contributed by atoms with Gasteiger partial charge in [0.1, 0.15) is 19.8 Å². The van der Waals surface area contributed by atoms with E-state index < -0.39 is 32.5 Å². The summed E-state index contributed by atoms with van der Waals surface area (Å²) in [5.41, 5.74) is 0. The monoisotopic (exact) mass is 707 g/mol. The smallest absolute Gasteiger partial charge is 0.310 e. The first-order valence-corrected chi connectivity index (χ1v) is 19.6. The largest absolute Gasteiger partial charge is 0.756 e. The molecule has 0 aliphatic heterocycles. The number of carbonyl (C=O) groups excluding carboxylic acids is 2. The molecule has 0 saturated heterocycles. The van der Waals surface area contributed by atoms with Gasteiger partial charge < -0.3 is 27.9 Å². The first kappa shape index (κ1) is 46.5. The maximum atomic E-state index is 12.5. The number of hydrogen-bond donors (Lipinski definition) is 0. The molecule has 0 aromatic rings. The molecule has 2 unspecified atom stereocenters. The van der Waals surface area contributed by atoms with Crippen molar-refractivity contribution in [3.8, 4) is 0 Å². The maximum absolute atomic E-state index is 12.5. The third-order valence-electron chi connectivity index (χ3n) is 6.97. The lowest BCUT2D eigenvalue weighted by molar-refractivity contribution is -0.870. The van der Waals surface area contributed by atoms with Crippen molar-refractivity contribution in [3.63, 3.8) is 0 Å². The first-order chi connectivity index (χ1) is 23.5. The first-order valence-electron chi connectivity index (χ1n) is 18.1. The van der Waals surface area contributed by atoms with Crippen molar-refractivity contribution in [2.45, 2.75) is 116 Å². The maximum Gasteiger partial charge on any atom is 0.310 e. The molecule has 2 atom stereocenters. The molecule has 0 aliphatic carbocycles. The van der Waals surface area contributed by atoms with Crippen molar-refractivity contribution >= 4 is 19.8 Å². The lowest BCUT2D eigenvalue weighted by Crippen LogP contribution is -2.37. The Hall–Kier alpha value is -2.55. The number of phosphoric ester groups is 1. The predicted molar refractivity (Wildman–Crippen MR) is 199 cm³/mol. The SMILES string of the molecule is CC/C=C\C/C=C\C/C=C\C/C=C\C/C=C\CC(=O)OC(COC(=O)CCCCCCC/C=C\CCC)COP(=O)([O-])OCC[N+](C)(C)C. The zero-order valence-corrected chi connectivity index (χ0v) is 32.0. The number of nitrogens with zero attached hydrogens (tertiary/aromatic N) is 1. The van der Waals surface area contributed by atoms with E-state index in [9.17, 15) is 19.0 Å². The molecule has 0 N–H and O–H groups in total. The summed E-state index contributed by atoms with van der Waals surface area (Å²) in [5.74, 6) is -1.01. The van der Waals surface area contributed by atoms with Gasteiger partial charge in [-0.2, -0.15) is 0 Å². The molecule has 0 fully saturated rings. The van der Waals surface area contributed by atoms with Gasteiger partial charge >= 0.3 is 11.9 Å². The van der Waals surface area contributed by atoms with E-state index in [1.54, 1.807) is 6.08 Å². The minimum atomic E-state index is -4.64. The molecular weight excluding hydrogens is 641 g/mol. The Morgan fingerprint density at radius 2 is 1.22 bits per heavy atom. The van der Waals surface area contributed by atoms with E-state index in [-0.39, 0.29) is 26.1 Å². The second kappa shape index (κ2) is 31.4. The van der Waals surface area contributed by atoms with Crippen LogP contribution in [0.2, 0.25) is 0 Å². The van der Waals surface area contributed by atoms with Crippen molar-refractivity contribution in [2.24, 2.45) is 0 Å². The molecule has 0 aromatic carbocycles. The number of phosphoric acid groups is 1. The van der Waals surface area contributed by atoms with E-state index in [1.807, 2.05) is 33.3 Å². The number of quaternary nitrogens is 1. The summed E-state index contributed by atoms with van der Waals surface area (Å²) in [5, 5.41) is 0. The molecule has 10 heteroatoms. The van der Waals surface area contributed by atoms with Crippen LogP contribution in [0.15, 0.2) is 72.9 Å². The van der Waals surface area contributed by atoms with Crippen molar-refractivity contribution in [3.05, 3.63) is 72.9 Å². The normalized spacial score (nSPS) is 14.7. The average molecular weight is 708 g/mol. The average Bonchev–Trinajstić information content (AvgIpc) is 3.04. The van der Waals surface area contributed by atoms with E-state index in [2.05, 4.69) is 68.5 Å². The molecule has 0 bridgehead atoms. The van der Waals surface area contributed by atoms with Gasteiger partial charge in [-0.1, -0.05) is 112 Å². The molecule has 0 spiro atoms. The molecule has 280 valence electrons. The highest BCUT2D eigenvalue weighted by molar-refractivity contribution is 7.45. The van der Waals surface area contributed by atoms with Gasteiger partial charge in [-0.05, 0) is 57.8 Å². The van der Waals surface area contributed by atoms with Gasteiger partial charge in [0.2, 0.25) is 0 Å². The lowest BCUT2D eigenvalue weighted by Gasteiger charge is -2.28. The molecule has 0 radical (unpaired) electrons. The van der Waals surface area contributed by atoms with E-state index in [0.717, 1.165) is 64.2 Å². The molecule has 0 heterocycles. The Balaban J connectivity index is 4.66. The number of carbonyl (C=O) groups is 2. The number of hydrogen-bond acceptors (Lipinski definition) is 8. The van der Waals surface area contributed by atoms with Gasteiger partial charge in [0.25, 0.3) is 7.82 Å². The van der Waals surface area contributed by atoms with Gasteiger partial charge in [0, 0.05) is 6.42 Å². The number of allylic oxidation sites excluding steroid dienone is 11. The van der Waals surface area contributed by atoms with Crippen molar-refractivity contribution in [2.75, 3.05) is 47.5 Å². The lowest BCUT2D eigenvalue weighted by atomic mass is 10.1. The van der Waals surface area contributed by atoms with Gasteiger partial charge in [-0.25, -0.2) is 0 Å². The summed E-state index contributed by atoms with van der Waals surface area (Å²) in [7, 11) is 1.09. The number of unbranched alkanes of at least 4 members (excludes halogenated alkanes) is 6. The van der Waals surface area contributed by atoms with Crippen LogP contribution in [0, 0.1) is 0 Å². The Morgan fingerprint density at radius 1 is 0.673 bits per heavy atom. The van der Waals surface area contributed by atoms with Crippen LogP contribution in [0.3, 0.4) is 0 Å². The van der Waals surface area contributed by atoms with Crippen LogP contribution in [0.5, 0.6) is 0 Å². The van der Waals surface area contributed by atoms with Crippen molar-refractivity contribution in [1.29, 1.82) is 0 Å². The van der Waals surface area contributed by atoms with E-state index in [4.69, 9.17) is 18.5 Å². The predicted octanol–water partition coefficient (Wildman–Crippen LogP) is 8.88. The summed E-state index contributed by atoms with van der Waals surface area (Å²) >= 11 is 0. The van der Waals surface area contributed by atoms with E-state index in [0.29, 0.717) is 23.9 Å². The molecule has 9 nitrogen and oxygen atoms in total. The standard InChI is InChI=1S/C39H66NO8P/c1-6-8-10-12-14-16-18-19-20-21-22-24-26-28-30-32-39(42)48-37(36-47-49(43,44)46-34-33-40(3,4)5)35-45-38(41)31-29-27-25-23-17-15-13-11-9-7-2/h8,10-11,13-14,16,19-20,22,24,28,30,37H,6-7,9,12,15,17-18,21,23,25-27,29,31-36H2,1-5H3/b10-8-,13-11-,16-14-,20-19-,24-22-,30-28-. The van der Waals surface area contributed by atoms with Crippen molar-refractivity contribution in [1.82, 2.24) is 0 Å². The molecule has 0 aromatic heterocycles. The highest BCUT2D eigenvalue weighted by atomic mass is 31.2. The topological polar surface area (TPSA) is 111 Å². The van der Waals surface area contributed by atoms with Gasteiger partial charge in [-0.3, -0.25) is 14.2 Å². The molecule has 0 amide bonds. The summed E-state index contributed by atoms with van der Waals surface area (Å²) < 4.78 is 33.5. The summed E-state index contributed by atoms with van der Waals surface area (Å²) in [6.45, 7) is 3.87. The van der Waals surface area contributed by atoms with E-state index >= 15 is 0 Å². The van der Waals surface area contributed by atoms with Gasteiger partial charge in [0.05, 0.1) is 34.2 Å². The van der Waals surface area contributed by atoms with Crippen LogP contribution >= 0.6 is 7.82 Å². The second-order valence-electron chi connectivity index (χ2n) is 12.9. The van der Waals surface area contributed by atoms with Crippen LogP contribution < -0.4 is 4.89 Å². The molecule has 0 aliphatic rings. The summed E-state index contributed by atoms with van der Waals surface area (Å²) in [4.78, 5) is 37.2. The minimum Gasteiger partial charge on any atom is -0.756 e. The molecule has 0 rings (SSSR count). The Labute approximate surface area is 298 Å². The van der Waals surface area contributed by atoms with Crippen LogP contribution in [0.25, 0.3) is 0 Å². The minimum absolute atomic E-state index is 0.0125. The van der Waals surface area contributed by atoms with E-state index in [1.165, 1.54) is 6.42 Å². The van der Waals surface area contributed by atoms with Crippen LogP contribution in [0.1, 0.15) is 110 Å².